The zero-order chi connectivity index (χ0) is 12.8. The average Bonchev–Trinajstić information content (AvgIpc) is 2.29. The first-order valence-electron chi connectivity index (χ1n) is 5.53. The van der Waals surface area contributed by atoms with Gasteiger partial charge in [0.25, 0.3) is 0 Å². The standard InChI is InChI=1S/C13H16N2O2/c1-4-17-13(16)10(3)15-12-7-5-6-9(2)11(12)8-14/h5-7,10,15H,4H2,1-3H3. The van der Waals surface area contributed by atoms with Crippen LogP contribution in [-0.4, -0.2) is 18.6 Å². The van der Waals surface area contributed by atoms with Gasteiger partial charge in [-0.1, -0.05) is 12.1 Å². The molecule has 17 heavy (non-hydrogen) atoms. The van der Waals surface area contributed by atoms with Crippen LogP contribution < -0.4 is 5.32 Å². The molecule has 1 unspecified atom stereocenters. The molecule has 1 atom stereocenters. The Morgan fingerprint density at radius 2 is 2.29 bits per heavy atom. The molecule has 1 N–H and O–H groups in total. The fraction of sp³-hybridized carbons (Fsp3) is 0.385. The predicted molar refractivity (Wildman–Crippen MR) is 65.6 cm³/mol. The highest BCUT2D eigenvalue weighted by Gasteiger charge is 2.15. The minimum Gasteiger partial charge on any atom is -0.464 e. The van der Waals surface area contributed by atoms with E-state index in [0.717, 1.165) is 5.56 Å². The number of aryl methyl sites for hydroxylation is 1. The van der Waals surface area contributed by atoms with Gasteiger partial charge in [-0.3, -0.25) is 0 Å². The molecule has 0 aliphatic heterocycles. The average molecular weight is 232 g/mol. The lowest BCUT2D eigenvalue weighted by molar-refractivity contribution is -0.143. The summed E-state index contributed by atoms with van der Waals surface area (Å²) in [7, 11) is 0. The van der Waals surface area contributed by atoms with E-state index >= 15 is 0 Å². The van der Waals surface area contributed by atoms with Crippen LogP contribution in [0.15, 0.2) is 18.2 Å². The molecule has 0 aliphatic rings. The van der Waals surface area contributed by atoms with Gasteiger partial charge in [0.05, 0.1) is 17.9 Å². The van der Waals surface area contributed by atoms with Crippen LogP contribution in [0.1, 0.15) is 25.0 Å². The van der Waals surface area contributed by atoms with Crippen molar-refractivity contribution in [3.05, 3.63) is 29.3 Å². The minimum absolute atomic E-state index is 0.321. The molecule has 4 nitrogen and oxygen atoms in total. The summed E-state index contributed by atoms with van der Waals surface area (Å²) < 4.78 is 4.90. The maximum atomic E-state index is 11.5. The third-order valence-electron chi connectivity index (χ3n) is 2.40. The van der Waals surface area contributed by atoms with Gasteiger partial charge in [-0.15, -0.1) is 0 Å². The lowest BCUT2D eigenvalue weighted by Gasteiger charge is -2.15. The molecular weight excluding hydrogens is 216 g/mol. The second-order valence-electron chi connectivity index (χ2n) is 3.73. The number of nitrogens with one attached hydrogen (secondary N) is 1. The molecule has 0 bridgehead atoms. The smallest absolute Gasteiger partial charge is 0.328 e. The van der Waals surface area contributed by atoms with Crippen LogP contribution in [0.25, 0.3) is 0 Å². The first-order valence-corrected chi connectivity index (χ1v) is 5.53. The molecule has 0 aliphatic carbocycles. The molecule has 90 valence electrons. The first kappa shape index (κ1) is 13.0. The zero-order valence-electron chi connectivity index (χ0n) is 10.3. The van der Waals surface area contributed by atoms with Gasteiger partial charge in [-0.05, 0) is 32.4 Å². The van der Waals surface area contributed by atoms with Crippen LogP contribution in [0.5, 0.6) is 0 Å². The van der Waals surface area contributed by atoms with Gasteiger partial charge in [0.1, 0.15) is 12.1 Å². The largest absolute Gasteiger partial charge is 0.464 e. The molecule has 0 fully saturated rings. The molecule has 4 heteroatoms. The molecule has 0 aromatic heterocycles. The number of nitrogens with zero attached hydrogens (tertiary/aromatic N) is 1. The van der Waals surface area contributed by atoms with Gasteiger partial charge in [0.2, 0.25) is 0 Å². The van der Waals surface area contributed by atoms with E-state index in [0.29, 0.717) is 17.9 Å². The number of esters is 1. The van der Waals surface area contributed by atoms with E-state index in [9.17, 15) is 4.79 Å². The lowest BCUT2D eigenvalue weighted by Crippen LogP contribution is -2.28. The van der Waals surface area contributed by atoms with Crippen molar-refractivity contribution < 1.29 is 9.53 Å². The van der Waals surface area contributed by atoms with Crippen molar-refractivity contribution in [1.82, 2.24) is 0 Å². The molecule has 0 saturated heterocycles. The normalized spacial score (nSPS) is 11.4. The zero-order valence-corrected chi connectivity index (χ0v) is 10.3. The summed E-state index contributed by atoms with van der Waals surface area (Å²) >= 11 is 0. The summed E-state index contributed by atoms with van der Waals surface area (Å²) in [6.07, 6.45) is 0. The highest BCUT2D eigenvalue weighted by Crippen LogP contribution is 2.19. The van der Waals surface area contributed by atoms with Crippen LogP contribution in [0.2, 0.25) is 0 Å². The van der Waals surface area contributed by atoms with Gasteiger partial charge in [-0.25, -0.2) is 4.79 Å². The number of hydrogen-bond acceptors (Lipinski definition) is 4. The van der Waals surface area contributed by atoms with E-state index in [-0.39, 0.29) is 5.97 Å². The van der Waals surface area contributed by atoms with Gasteiger partial charge >= 0.3 is 5.97 Å². The Morgan fingerprint density at radius 3 is 2.88 bits per heavy atom. The number of carbonyl (C=O) groups is 1. The topological polar surface area (TPSA) is 62.1 Å². The summed E-state index contributed by atoms with van der Waals surface area (Å²) in [5.41, 5.74) is 2.10. The van der Waals surface area contributed by atoms with Crippen molar-refractivity contribution in [1.29, 1.82) is 5.26 Å². The summed E-state index contributed by atoms with van der Waals surface area (Å²) in [6, 6.07) is 7.14. The van der Waals surface area contributed by atoms with Crippen LogP contribution in [0, 0.1) is 18.3 Å². The highest BCUT2D eigenvalue weighted by molar-refractivity contribution is 5.79. The first-order chi connectivity index (χ1) is 8.10. The SMILES string of the molecule is CCOC(=O)C(C)Nc1cccc(C)c1C#N. The number of ether oxygens (including phenoxy) is 1. The maximum absolute atomic E-state index is 11.5. The fourth-order valence-electron chi connectivity index (χ4n) is 1.50. The van der Waals surface area contributed by atoms with Gasteiger partial charge in [0.15, 0.2) is 0 Å². The Bertz CT molecular complexity index is 449. The van der Waals surface area contributed by atoms with Gasteiger partial charge < -0.3 is 10.1 Å². The molecule has 0 saturated carbocycles. The number of hydrogen-bond donors (Lipinski definition) is 1. The molecule has 1 rings (SSSR count). The molecule has 0 heterocycles. The van der Waals surface area contributed by atoms with Crippen molar-refractivity contribution in [3.8, 4) is 6.07 Å². The number of nitriles is 1. The minimum atomic E-state index is -0.469. The molecule has 1 aromatic carbocycles. The molecular formula is C13H16N2O2. The fourth-order valence-corrected chi connectivity index (χ4v) is 1.50. The summed E-state index contributed by atoms with van der Waals surface area (Å²) in [5.74, 6) is -0.321. The van der Waals surface area contributed by atoms with Gasteiger partial charge in [0, 0.05) is 0 Å². The number of benzene rings is 1. The second kappa shape index (κ2) is 5.90. The van der Waals surface area contributed by atoms with Crippen molar-refractivity contribution in [2.45, 2.75) is 26.8 Å². The van der Waals surface area contributed by atoms with Crippen molar-refractivity contribution in [2.24, 2.45) is 0 Å². The van der Waals surface area contributed by atoms with E-state index in [1.54, 1.807) is 19.9 Å². The van der Waals surface area contributed by atoms with E-state index in [1.165, 1.54) is 0 Å². The Balaban J connectivity index is 2.86. The van der Waals surface area contributed by atoms with Crippen LogP contribution in [-0.2, 0) is 9.53 Å². The third kappa shape index (κ3) is 3.22. The summed E-state index contributed by atoms with van der Waals surface area (Å²) in [5, 5.41) is 12.0. The Labute approximate surface area is 101 Å². The molecule has 0 spiro atoms. The van der Waals surface area contributed by atoms with Crippen LogP contribution >= 0.6 is 0 Å². The molecule has 0 radical (unpaired) electrons. The van der Waals surface area contributed by atoms with E-state index < -0.39 is 6.04 Å². The molecule has 1 aromatic rings. The second-order valence-corrected chi connectivity index (χ2v) is 3.73. The van der Waals surface area contributed by atoms with Crippen molar-refractivity contribution >= 4 is 11.7 Å². The number of carbonyl (C=O) groups excluding carboxylic acids is 1. The van der Waals surface area contributed by atoms with Gasteiger partial charge in [-0.2, -0.15) is 5.26 Å². The number of rotatable bonds is 4. The van der Waals surface area contributed by atoms with Crippen molar-refractivity contribution in [3.63, 3.8) is 0 Å². The van der Waals surface area contributed by atoms with Crippen LogP contribution in [0.3, 0.4) is 0 Å². The Kier molecular flexibility index (Phi) is 4.53. The lowest BCUT2D eigenvalue weighted by atomic mass is 10.1. The van der Waals surface area contributed by atoms with Crippen molar-refractivity contribution in [2.75, 3.05) is 11.9 Å². The summed E-state index contributed by atoms with van der Waals surface area (Å²) in [4.78, 5) is 11.5. The predicted octanol–water partition coefficient (Wildman–Crippen LogP) is 2.23. The quantitative estimate of drug-likeness (QED) is 0.808. The van der Waals surface area contributed by atoms with E-state index in [4.69, 9.17) is 10.00 Å². The monoisotopic (exact) mass is 232 g/mol. The van der Waals surface area contributed by atoms with E-state index in [1.807, 2.05) is 19.1 Å². The molecule has 0 amide bonds. The third-order valence-corrected chi connectivity index (χ3v) is 2.40. The Hall–Kier alpha value is -2.02. The summed E-state index contributed by atoms with van der Waals surface area (Å²) in [6.45, 7) is 5.68. The maximum Gasteiger partial charge on any atom is 0.328 e. The number of anilines is 1. The van der Waals surface area contributed by atoms with E-state index in [2.05, 4.69) is 11.4 Å². The highest BCUT2D eigenvalue weighted by atomic mass is 16.5. The Morgan fingerprint density at radius 1 is 1.59 bits per heavy atom. The van der Waals surface area contributed by atoms with Crippen LogP contribution in [0.4, 0.5) is 5.69 Å².